The molecular weight excluding hydrogens is 288 g/mol. The van der Waals surface area contributed by atoms with Crippen LogP contribution in [0.15, 0.2) is 18.2 Å². The number of carbonyl (C=O) groups is 1. The molecule has 21 heavy (non-hydrogen) atoms. The summed E-state index contributed by atoms with van der Waals surface area (Å²) >= 11 is 5.12. The first kappa shape index (κ1) is 15.6. The fraction of sp³-hybridized carbons (Fsp3) is 0.467. The third-order valence-corrected chi connectivity index (χ3v) is 4.23. The molecule has 114 valence electrons. The van der Waals surface area contributed by atoms with Gasteiger partial charge in [-0.3, -0.25) is 4.79 Å². The fourth-order valence-electron chi connectivity index (χ4n) is 2.37. The Hall–Kier alpha value is -1.82. The highest BCUT2D eigenvalue weighted by Gasteiger charge is 2.33. The van der Waals surface area contributed by atoms with E-state index in [1.54, 1.807) is 18.2 Å². The largest absolute Gasteiger partial charge is 0.486 e. The number of nitrogens with two attached hydrogens (primary N) is 1. The van der Waals surface area contributed by atoms with E-state index in [0.29, 0.717) is 48.1 Å². The summed E-state index contributed by atoms with van der Waals surface area (Å²) in [5.41, 5.74) is 5.58. The number of fused-ring (bicyclic) bond motifs is 1. The number of amides is 1. The molecule has 0 atom stereocenters. The number of rotatable bonds is 5. The van der Waals surface area contributed by atoms with Crippen LogP contribution < -0.4 is 20.5 Å². The fourth-order valence-corrected chi connectivity index (χ4v) is 2.71. The summed E-state index contributed by atoms with van der Waals surface area (Å²) in [4.78, 5) is 12.9. The van der Waals surface area contributed by atoms with Gasteiger partial charge in [-0.1, -0.05) is 32.1 Å². The smallest absolute Gasteiger partial charge is 0.255 e. The highest BCUT2D eigenvalue weighted by atomic mass is 32.1. The molecule has 0 aliphatic carbocycles. The van der Waals surface area contributed by atoms with Crippen LogP contribution in [0.4, 0.5) is 0 Å². The standard InChI is InChI=1S/C15H20N2O3S/c1-3-15(4-2,14(16)21)17-13(18)10-6-5-7-11-12(10)20-9-8-19-11/h5-7H,3-4,8-9H2,1-2H3,(H2,16,21)(H,17,18). The normalized spacial score (nSPS) is 13.6. The van der Waals surface area contributed by atoms with Crippen LogP contribution in [0, 0.1) is 0 Å². The molecule has 0 aromatic heterocycles. The SMILES string of the molecule is CCC(CC)(NC(=O)c1cccc2c1OCCO2)C(N)=S. The van der Waals surface area contributed by atoms with E-state index in [9.17, 15) is 4.79 Å². The van der Waals surface area contributed by atoms with Crippen molar-refractivity contribution < 1.29 is 14.3 Å². The molecular formula is C15H20N2O3S. The minimum absolute atomic E-state index is 0.256. The highest BCUT2D eigenvalue weighted by molar-refractivity contribution is 7.80. The van der Waals surface area contributed by atoms with E-state index in [4.69, 9.17) is 27.4 Å². The lowest BCUT2D eigenvalue weighted by atomic mass is 9.92. The molecule has 1 aromatic rings. The lowest BCUT2D eigenvalue weighted by molar-refractivity contribution is 0.0909. The van der Waals surface area contributed by atoms with Gasteiger partial charge in [-0.2, -0.15) is 0 Å². The monoisotopic (exact) mass is 308 g/mol. The predicted molar refractivity (Wildman–Crippen MR) is 85.0 cm³/mol. The van der Waals surface area contributed by atoms with E-state index in [1.165, 1.54) is 0 Å². The maximum atomic E-state index is 12.6. The van der Waals surface area contributed by atoms with Gasteiger partial charge in [0, 0.05) is 0 Å². The maximum Gasteiger partial charge on any atom is 0.255 e. The molecule has 3 N–H and O–H groups in total. The molecule has 6 heteroatoms. The first-order valence-electron chi connectivity index (χ1n) is 7.05. The van der Waals surface area contributed by atoms with E-state index >= 15 is 0 Å². The summed E-state index contributed by atoms with van der Waals surface area (Å²) in [6, 6.07) is 5.26. The van der Waals surface area contributed by atoms with Gasteiger partial charge in [0.25, 0.3) is 5.91 Å². The molecule has 0 radical (unpaired) electrons. The maximum absolute atomic E-state index is 12.6. The van der Waals surface area contributed by atoms with Crippen molar-refractivity contribution >= 4 is 23.1 Å². The van der Waals surface area contributed by atoms with Crippen molar-refractivity contribution in [1.82, 2.24) is 5.32 Å². The van der Waals surface area contributed by atoms with Gasteiger partial charge >= 0.3 is 0 Å². The van der Waals surface area contributed by atoms with Gasteiger partial charge in [-0.25, -0.2) is 0 Å². The number of hydrogen-bond donors (Lipinski definition) is 2. The first-order valence-corrected chi connectivity index (χ1v) is 7.46. The van der Waals surface area contributed by atoms with Crippen LogP contribution in [0.1, 0.15) is 37.0 Å². The van der Waals surface area contributed by atoms with Crippen LogP contribution in [-0.2, 0) is 0 Å². The number of hydrogen-bond acceptors (Lipinski definition) is 4. The molecule has 1 amide bonds. The topological polar surface area (TPSA) is 73.6 Å². The zero-order valence-electron chi connectivity index (χ0n) is 12.3. The summed E-state index contributed by atoms with van der Waals surface area (Å²) in [7, 11) is 0. The van der Waals surface area contributed by atoms with Crippen LogP contribution in [0.25, 0.3) is 0 Å². The minimum Gasteiger partial charge on any atom is -0.486 e. The second-order valence-corrected chi connectivity index (χ2v) is 5.38. The predicted octanol–water partition coefficient (Wildman–Crippen LogP) is 2.03. The Morgan fingerprint density at radius 3 is 2.62 bits per heavy atom. The van der Waals surface area contributed by atoms with Crippen LogP contribution in [0.3, 0.4) is 0 Å². The van der Waals surface area contributed by atoms with Crippen LogP contribution in [-0.4, -0.2) is 29.6 Å². The molecule has 1 aliphatic rings. The van der Waals surface area contributed by atoms with Crippen molar-refractivity contribution in [2.75, 3.05) is 13.2 Å². The minimum atomic E-state index is -0.676. The molecule has 0 unspecified atom stereocenters. The summed E-state index contributed by atoms with van der Waals surface area (Å²) < 4.78 is 11.1. The zero-order chi connectivity index (χ0) is 15.5. The molecule has 2 rings (SSSR count). The van der Waals surface area contributed by atoms with Crippen molar-refractivity contribution in [1.29, 1.82) is 0 Å². The average molecular weight is 308 g/mol. The quantitative estimate of drug-likeness (QED) is 0.814. The third-order valence-electron chi connectivity index (χ3n) is 3.84. The zero-order valence-corrected chi connectivity index (χ0v) is 13.1. The van der Waals surface area contributed by atoms with Crippen molar-refractivity contribution in [3.8, 4) is 11.5 Å². The Balaban J connectivity index is 2.30. The first-order chi connectivity index (χ1) is 10.0. The number of thiocarbonyl (C=S) groups is 1. The molecule has 1 aromatic carbocycles. The van der Waals surface area contributed by atoms with Gasteiger partial charge in [-0.15, -0.1) is 0 Å². The van der Waals surface area contributed by atoms with E-state index in [2.05, 4.69) is 5.32 Å². The Bertz CT molecular complexity index is 556. The molecule has 0 bridgehead atoms. The Labute approximate surface area is 129 Å². The van der Waals surface area contributed by atoms with Gasteiger partial charge < -0.3 is 20.5 Å². The highest BCUT2D eigenvalue weighted by Crippen LogP contribution is 2.34. The van der Waals surface area contributed by atoms with E-state index in [1.807, 2.05) is 13.8 Å². The molecule has 5 nitrogen and oxygen atoms in total. The van der Waals surface area contributed by atoms with Gasteiger partial charge in [0.15, 0.2) is 11.5 Å². The van der Waals surface area contributed by atoms with Crippen molar-refractivity contribution in [3.63, 3.8) is 0 Å². The van der Waals surface area contributed by atoms with Crippen LogP contribution >= 0.6 is 12.2 Å². The third kappa shape index (κ3) is 2.95. The molecule has 1 heterocycles. The van der Waals surface area contributed by atoms with Gasteiger partial charge in [0.2, 0.25) is 0 Å². The van der Waals surface area contributed by atoms with Crippen molar-refractivity contribution in [2.45, 2.75) is 32.2 Å². The summed E-state index contributed by atoms with van der Waals surface area (Å²) in [5.74, 6) is 0.807. The van der Waals surface area contributed by atoms with E-state index < -0.39 is 5.54 Å². The van der Waals surface area contributed by atoms with Crippen LogP contribution in [0.2, 0.25) is 0 Å². The van der Waals surface area contributed by atoms with Gasteiger partial charge in [0.1, 0.15) is 13.2 Å². The lowest BCUT2D eigenvalue weighted by Gasteiger charge is -2.32. The number of nitrogens with one attached hydrogen (secondary N) is 1. The van der Waals surface area contributed by atoms with E-state index in [-0.39, 0.29) is 5.91 Å². The Morgan fingerprint density at radius 2 is 2.00 bits per heavy atom. The van der Waals surface area contributed by atoms with Crippen molar-refractivity contribution in [2.24, 2.45) is 5.73 Å². The number of para-hydroxylation sites is 1. The molecule has 0 saturated carbocycles. The molecule has 0 fully saturated rings. The summed E-state index contributed by atoms with van der Waals surface area (Å²) in [6.45, 7) is 4.81. The second kappa shape index (κ2) is 6.30. The summed E-state index contributed by atoms with van der Waals surface area (Å²) in [6.07, 6.45) is 1.27. The van der Waals surface area contributed by atoms with Gasteiger partial charge in [-0.05, 0) is 25.0 Å². The lowest BCUT2D eigenvalue weighted by Crippen LogP contribution is -2.56. The Morgan fingerprint density at radius 1 is 1.33 bits per heavy atom. The molecule has 0 saturated heterocycles. The molecule has 0 spiro atoms. The number of benzene rings is 1. The van der Waals surface area contributed by atoms with Crippen LogP contribution in [0.5, 0.6) is 11.5 Å². The molecule has 1 aliphatic heterocycles. The van der Waals surface area contributed by atoms with Gasteiger partial charge in [0.05, 0.1) is 16.1 Å². The van der Waals surface area contributed by atoms with Crippen molar-refractivity contribution in [3.05, 3.63) is 23.8 Å². The number of ether oxygens (including phenoxy) is 2. The Kier molecular flexibility index (Phi) is 4.67. The van der Waals surface area contributed by atoms with E-state index in [0.717, 1.165) is 0 Å². The summed E-state index contributed by atoms with van der Waals surface area (Å²) in [5, 5.41) is 2.96. The second-order valence-electron chi connectivity index (χ2n) is 4.94. The number of carbonyl (C=O) groups excluding carboxylic acids is 1. The average Bonchev–Trinajstić information content (AvgIpc) is 2.51.